The molecular weight excluding hydrogens is 594 g/mol. The Kier molecular flexibility index (Phi) is 9.43. The van der Waals surface area contributed by atoms with Gasteiger partial charge >= 0.3 is 16.1 Å². The van der Waals surface area contributed by atoms with Gasteiger partial charge in [-0.25, -0.2) is 13.2 Å². The number of hydrogen-bond acceptors (Lipinski definition) is 9. The predicted octanol–water partition coefficient (Wildman–Crippen LogP) is 5.21. The smallest absolute Gasteiger partial charge is 0.339 e. The molecule has 4 aromatic rings. The molecule has 0 radical (unpaired) electrons. The van der Waals surface area contributed by atoms with Crippen LogP contribution in [0.3, 0.4) is 0 Å². The van der Waals surface area contributed by atoms with E-state index in [1.54, 1.807) is 50.2 Å². The highest BCUT2D eigenvalue weighted by Crippen LogP contribution is 2.39. The first-order valence-electron chi connectivity index (χ1n) is 12.9. The Morgan fingerprint density at radius 3 is 1.81 bits per heavy atom. The van der Waals surface area contributed by atoms with Gasteiger partial charge in [0, 0.05) is 18.9 Å². The first-order chi connectivity index (χ1) is 20.4. The maximum Gasteiger partial charge on any atom is 0.339 e. The molecule has 1 aromatic heterocycles. The summed E-state index contributed by atoms with van der Waals surface area (Å²) in [7, 11) is -5.05. The van der Waals surface area contributed by atoms with Crippen LogP contribution in [0.25, 0.3) is 10.7 Å². The molecule has 0 unspecified atom stereocenters. The number of methoxy groups -OCH3 is 3. The first-order valence-corrected chi connectivity index (χ1v) is 15.8. The van der Waals surface area contributed by atoms with E-state index in [9.17, 15) is 21.6 Å². The summed E-state index contributed by atoms with van der Waals surface area (Å²) in [5.74, 6) is -0.777. The van der Waals surface area contributed by atoms with Crippen molar-refractivity contribution in [1.82, 2.24) is 4.57 Å². The van der Waals surface area contributed by atoms with Crippen molar-refractivity contribution < 1.29 is 40.0 Å². The Labute approximate surface area is 251 Å². The number of carbonyl (C=O) groups is 1. The SMILES string of the molecule is COCn1cc(C(=O)OC)cc1/C(=C(/OS(=O)(=O)c1ccc(C)cc1)c1ccc(OC)cc1)S(=O)(=O)c1ccc(C)cc1. The lowest BCUT2D eigenvalue weighted by atomic mass is 10.1. The molecule has 0 atom stereocenters. The van der Waals surface area contributed by atoms with Gasteiger partial charge in [0.1, 0.15) is 22.3 Å². The van der Waals surface area contributed by atoms with Crippen molar-refractivity contribution in [2.75, 3.05) is 21.3 Å². The van der Waals surface area contributed by atoms with Crippen molar-refractivity contribution in [3.05, 3.63) is 113 Å². The largest absolute Gasteiger partial charge is 0.497 e. The monoisotopic (exact) mass is 625 g/mol. The summed E-state index contributed by atoms with van der Waals surface area (Å²) in [4.78, 5) is 11.7. The fourth-order valence-electron chi connectivity index (χ4n) is 4.21. The molecule has 226 valence electrons. The number of hydrogen-bond donors (Lipinski definition) is 0. The number of ether oxygens (including phenoxy) is 3. The number of carbonyl (C=O) groups excluding carboxylic acids is 1. The lowest BCUT2D eigenvalue weighted by Gasteiger charge is -2.19. The molecular formula is C31H31NO9S2. The number of rotatable bonds is 11. The molecule has 0 amide bonds. The van der Waals surface area contributed by atoms with Crippen LogP contribution in [0.4, 0.5) is 0 Å². The molecule has 4 rings (SSSR count). The van der Waals surface area contributed by atoms with Crippen LogP contribution in [-0.2, 0) is 40.3 Å². The first kappa shape index (κ1) is 31.5. The van der Waals surface area contributed by atoms with Crippen molar-refractivity contribution in [3.8, 4) is 5.75 Å². The van der Waals surface area contributed by atoms with E-state index in [4.69, 9.17) is 18.4 Å². The third kappa shape index (κ3) is 6.82. The zero-order valence-electron chi connectivity index (χ0n) is 24.2. The second kappa shape index (κ2) is 12.9. The van der Waals surface area contributed by atoms with E-state index in [2.05, 4.69) is 0 Å². The van der Waals surface area contributed by atoms with Crippen molar-refractivity contribution in [2.45, 2.75) is 30.4 Å². The van der Waals surface area contributed by atoms with Gasteiger partial charge in [0.2, 0.25) is 9.84 Å². The number of esters is 1. The van der Waals surface area contributed by atoms with Gasteiger partial charge in [-0.2, -0.15) is 8.42 Å². The minimum atomic E-state index is -4.57. The summed E-state index contributed by atoms with van der Waals surface area (Å²) in [6.45, 7) is 3.43. The molecule has 12 heteroatoms. The van der Waals surface area contributed by atoms with Gasteiger partial charge in [-0.05, 0) is 68.4 Å². The van der Waals surface area contributed by atoms with Gasteiger partial charge in [0.15, 0.2) is 5.76 Å². The minimum Gasteiger partial charge on any atom is -0.497 e. The molecule has 0 saturated heterocycles. The summed E-state index contributed by atoms with van der Waals surface area (Å²) in [6, 6.07) is 19.3. The summed E-state index contributed by atoms with van der Waals surface area (Å²) < 4.78 is 79.0. The quantitative estimate of drug-likeness (QED) is 0.125. The highest BCUT2D eigenvalue weighted by molar-refractivity contribution is 8.01. The second-order valence-electron chi connectivity index (χ2n) is 9.55. The summed E-state index contributed by atoms with van der Waals surface area (Å²) in [5.41, 5.74) is 1.70. The molecule has 0 aliphatic rings. The Morgan fingerprint density at radius 1 is 0.744 bits per heavy atom. The zero-order chi connectivity index (χ0) is 31.4. The van der Waals surface area contributed by atoms with Crippen LogP contribution in [-0.4, -0.2) is 48.7 Å². The number of aromatic nitrogens is 1. The molecule has 0 saturated carbocycles. The van der Waals surface area contributed by atoms with Crippen LogP contribution < -0.4 is 4.74 Å². The van der Waals surface area contributed by atoms with E-state index in [1.807, 2.05) is 0 Å². The van der Waals surface area contributed by atoms with Crippen LogP contribution >= 0.6 is 0 Å². The lowest BCUT2D eigenvalue weighted by molar-refractivity contribution is 0.0600. The number of sulfone groups is 1. The molecule has 0 fully saturated rings. The number of nitrogens with zero attached hydrogens (tertiary/aromatic N) is 1. The molecule has 0 aliphatic carbocycles. The molecule has 1 heterocycles. The average Bonchev–Trinajstić information content (AvgIpc) is 3.40. The molecule has 0 N–H and O–H groups in total. The molecule has 10 nitrogen and oxygen atoms in total. The van der Waals surface area contributed by atoms with Gasteiger partial charge in [-0.15, -0.1) is 0 Å². The summed E-state index contributed by atoms with van der Waals surface area (Å²) in [6.07, 6.45) is 1.36. The normalized spacial score (nSPS) is 12.4. The maximum absolute atomic E-state index is 14.5. The fourth-order valence-corrected chi connectivity index (χ4v) is 6.81. The zero-order valence-corrected chi connectivity index (χ0v) is 25.9. The average molecular weight is 626 g/mol. The molecule has 43 heavy (non-hydrogen) atoms. The topological polar surface area (TPSA) is 127 Å². The van der Waals surface area contributed by atoms with Crippen LogP contribution in [0, 0.1) is 13.8 Å². The van der Waals surface area contributed by atoms with Crippen LogP contribution in [0.2, 0.25) is 0 Å². The van der Waals surface area contributed by atoms with Crippen molar-refractivity contribution in [3.63, 3.8) is 0 Å². The highest BCUT2D eigenvalue weighted by Gasteiger charge is 2.34. The lowest BCUT2D eigenvalue weighted by Crippen LogP contribution is -2.15. The van der Waals surface area contributed by atoms with E-state index in [-0.39, 0.29) is 33.3 Å². The molecule has 0 spiro atoms. The van der Waals surface area contributed by atoms with Crippen molar-refractivity contribution >= 4 is 36.6 Å². The van der Waals surface area contributed by atoms with E-state index in [0.717, 1.165) is 11.1 Å². The Hall–Kier alpha value is -4.39. The fraction of sp³-hybridized carbons (Fsp3) is 0.194. The summed E-state index contributed by atoms with van der Waals surface area (Å²) in [5, 5.41) is 0. The van der Waals surface area contributed by atoms with Crippen molar-refractivity contribution in [1.29, 1.82) is 0 Å². The highest BCUT2D eigenvalue weighted by atomic mass is 32.2. The Morgan fingerprint density at radius 2 is 1.30 bits per heavy atom. The van der Waals surface area contributed by atoms with Crippen molar-refractivity contribution in [2.24, 2.45) is 0 Å². The van der Waals surface area contributed by atoms with E-state index in [0.29, 0.717) is 5.75 Å². The Balaban J connectivity index is 2.14. The number of aryl methyl sites for hydroxylation is 2. The van der Waals surface area contributed by atoms with Gasteiger partial charge in [0.25, 0.3) is 0 Å². The number of benzene rings is 3. The van der Waals surface area contributed by atoms with Gasteiger partial charge in [-0.3, -0.25) is 0 Å². The third-order valence-electron chi connectivity index (χ3n) is 6.48. The predicted molar refractivity (Wildman–Crippen MR) is 160 cm³/mol. The molecule has 0 bridgehead atoms. The Bertz CT molecular complexity index is 1850. The third-order valence-corrected chi connectivity index (χ3v) is 9.54. The maximum atomic E-state index is 14.5. The summed E-state index contributed by atoms with van der Waals surface area (Å²) >= 11 is 0. The van der Waals surface area contributed by atoms with E-state index in [1.165, 1.54) is 74.6 Å². The van der Waals surface area contributed by atoms with Crippen LogP contribution in [0.5, 0.6) is 5.75 Å². The van der Waals surface area contributed by atoms with Gasteiger partial charge in [-0.1, -0.05) is 35.4 Å². The van der Waals surface area contributed by atoms with Crippen LogP contribution in [0.1, 0.15) is 32.7 Å². The van der Waals surface area contributed by atoms with Gasteiger partial charge < -0.3 is 23.0 Å². The van der Waals surface area contributed by atoms with E-state index >= 15 is 0 Å². The van der Waals surface area contributed by atoms with E-state index < -0.39 is 36.6 Å². The standard InChI is InChI=1S/C31H31NO9S2/c1-21-6-14-26(15-7-21)42(34,35)30(28-18-24(31(33)40-5)19-32(28)20-38-3)29(23-10-12-25(39-4)13-11-23)41-43(36,37)27-16-8-22(2)9-17-27/h6-19H,20H2,1-5H3/b30-29-. The minimum absolute atomic E-state index is 0.0154. The second-order valence-corrected chi connectivity index (χ2v) is 13.0. The molecule has 3 aromatic carbocycles. The molecule has 0 aliphatic heterocycles. The van der Waals surface area contributed by atoms with Gasteiger partial charge in [0.05, 0.1) is 30.4 Å². The van der Waals surface area contributed by atoms with Crippen LogP contribution in [0.15, 0.2) is 94.9 Å².